The topological polar surface area (TPSA) is 40.5 Å². The third kappa shape index (κ3) is 28.4. The molecule has 2 N–H and O–H groups in total. The van der Waals surface area contributed by atoms with Crippen molar-refractivity contribution in [3.05, 3.63) is 59.7 Å². The Kier molecular flexibility index (Phi) is 48.6. The van der Waals surface area contributed by atoms with Crippen LogP contribution < -0.4 is 0 Å². The third-order valence-corrected chi connectivity index (χ3v) is 6.08. The zero-order chi connectivity index (χ0) is 23.3. The van der Waals surface area contributed by atoms with Crippen LogP contribution >= 0.6 is 0 Å². The molecule has 0 aliphatic rings. The minimum Gasteiger partial charge on any atom is -2.00 e. The summed E-state index contributed by atoms with van der Waals surface area (Å²) in [6.07, 6.45) is 20.6. The Morgan fingerprint density at radius 1 is 0.432 bits per heavy atom. The molecule has 0 bridgehead atoms. The molecule has 0 heterocycles. The van der Waals surface area contributed by atoms with E-state index < -0.39 is 0 Å². The summed E-state index contributed by atoms with van der Waals surface area (Å²) >= 11 is 0. The number of hydrogen-bond acceptors (Lipinski definition) is 2. The van der Waals surface area contributed by atoms with Gasteiger partial charge in [0.05, 0.1) is 0 Å². The second-order valence-electron chi connectivity index (χ2n) is 9.00. The molecule has 0 fully saturated rings. The number of unbranched alkanes of at least 4 members (excludes halogenated alkanes) is 12. The van der Waals surface area contributed by atoms with Crippen molar-refractivity contribution >= 4 is 140 Å². The van der Waals surface area contributed by atoms with Crippen LogP contribution in [0.4, 0.5) is 0 Å². The van der Waals surface area contributed by atoms with Crippen molar-refractivity contribution in [3.8, 4) is 11.5 Å². The number of rotatable bonds is 16. The summed E-state index contributed by atoms with van der Waals surface area (Å²) in [5.74, 6) is 0.905. The van der Waals surface area contributed by atoms with Gasteiger partial charge >= 0.3 is 113 Å². The monoisotopic (exact) mass is 624 g/mol. The third-order valence-electron chi connectivity index (χ3n) is 6.08. The zero-order valence-corrected chi connectivity index (χ0v) is 32.0. The fourth-order valence-electron chi connectivity index (χ4n) is 3.99. The Morgan fingerprint density at radius 2 is 0.703 bits per heavy atom. The number of phenolic OH excluding ortho intramolecular Hbond substituents is 2. The van der Waals surface area contributed by atoms with Gasteiger partial charge in [0.1, 0.15) is 11.5 Å². The minimum atomic E-state index is 0. The van der Waals surface area contributed by atoms with Gasteiger partial charge in [-0.05, 0) is 48.9 Å². The van der Waals surface area contributed by atoms with Crippen molar-refractivity contribution in [3.63, 3.8) is 0 Å². The van der Waals surface area contributed by atoms with E-state index in [1.54, 1.807) is 12.1 Å². The Hall–Kier alpha value is 2.52. The van der Waals surface area contributed by atoms with Crippen LogP contribution in [0.25, 0.3) is 0 Å². The van der Waals surface area contributed by atoms with E-state index in [9.17, 15) is 10.2 Å². The van der Waals surface area contributed by atoms with E-state index in [1.165, 1.54) is 89.9 Å². The van der Waals surface area contributed by atoms with E-state index in [2.05, 4.69) is 13.8 Å². The van der Waals surface area contributed by atoms with Gasteiger partial charge in [0.15, 0.2) is 0 Å². The molecule has 2 aromatic carbocycles. The molecule has 2 rings (SSSR count). The van der Waals surface area contributed by atoms with E-state index in [0.29, 0.717) is 11.5 Å². The number of hydrogen-bond donors (Lipinski definition) is 2. The average Bonchev–Trinajstić information content (AvgIpc) is 2.80. The Bertz CT molecular complexity index is 647. The van der Waals surface area contributed by atoms with Gasteiger partial charge in [-0.3, -0.25) is 0 Å². The molecule has 0 unspecified atom stereocenters. The van der Waals surface area contributed by atoms with Crippen molar-refractivity contribution in [1.29, 1.82) is 0 Å². The molecule has 37 heavy (non-hydrogen) atoms. The molecule has 0 atom stereocenters. The average molecular weight is 625 g/mol. The van der Waals surface area contributed by atoms with Gasteiger partial charge in [-0.2, -0.15) is 0 Å². The minimum absolute atomic E-state index is 0. The molecule has 0 radical (unpaired) electrons. The van der Waals surface area contributed by atoms with Gasteiger partial charge in [-0.15, -0.1) is 0 Å². The SMILES string of the molecule is CCCCCCCCCc1ccccc1O.CCCCCCCCCc1ccccc1O.[Ca+2].[Ca+2].[Ca+2].[S-2].[S-2]. The summed E-state index contributed by atoms with van der Waals surface area (Å²) in [7, 11) is 0. The van der Waals surface area contributed by atoms with Gasteiger partial charge in [0, 0.05) is 0 Å². The van der Waals surface area contributed by atoms with Crippen LogP contribution in [0.1, 0.15) is 115 Å². The van der Waals surface area contributed by atoms with E-state index in [1.807, 2.05) is 36.4 Å². The number of aromatic hydroxyl groups is 2. The number of aryl methyl sites for hydroxylation is 2. The quantitative estimate of drug-likeness (QED) is 0.146. The van der Waals surface area contributed by atoms with Crippen LogP contribution in [0, 0.1) is 0 Å². The summed E-state index contributed by atoms with van der Waals surface area (Å²) in [6, 6.07) is 15.3. The Labute approximate surface area is 332 Å². The van der Waals surface area contributed by atoms with E-state index in [0.717, 1.165) is 24.0 Å². The first-order valence-electron chi connectivity index (χ1n) is 13.2. The maximum Gasteiger partial charge on any atom is 2.00 e. The second kappa shape index (κ2) is 36.5. The molecule has 196 valence electrons. The predicted molar refractivity (Wildman–Crippen MR) is 172 cm³/mol. The molecule has 0 spiro atoms. The van der Waals surface area contributed by atoms with Crippen LogP contribution in [0.5, 0.6) is 11.5 Å². The molecular formula is C30H48Ca3O2S2+2. The van der Waals surface area contributed by atoms with E-state index in [-0.39, 0.29) is 140 Å². The van der Waals surface area contributed by atoms with Gasteiger partial charge < -0.3 is 37.2 Å². The smallest absolute Gasteiger partial charge is 2.00 e. The van der Waals surface area contributed by atoms with Crippen molar-refractivity contribution in [2.45, 2.75) is 117 Å². The van der Waals surface area contributed by atoms with Crippen LogP contribution in [0.3, 0.4) is 0 Å². The van der Waals surface area contributed by atoms with Crippen molar-refractivity contribution < 1.29 is 10.2 Å². The molecular weight excluding hydrogens is 577 g/mol. The van der Waals surface area contributed by atoms with Gasteiger partial charge in [0.25, 0.3) is 0 Å². The molecule has 0 aliphatic carbocycles. The second-order valence-corrected chi connectivity index (χ2v) is 9.00. The first-order valence-corrected chi connectivity index (χ1v) is 13.2. The molecule has 0 saturated carbocycles. The van der Waals surface area contributed by atoms with Crippen LogP contribution in [0.15, 0.2) is 48.5 Å². The van der Waals surface area contributed by atoms with Crippen LogP contribution in [-0.2, 0) is 39.8 Å². The van der Waals surface area contributed by atoms with Crippen molar-refractivity contribution in [2.24, 2.45) is 0 Å². The molecule has 0 aliphatic heterocycles. The van der Waals surface area contributed by atoms with E-state index >= 15 is 0 Å². The molecule has 2 aromatic rings. The fourth-order valence-corrected chi connectivity index (χ4v) is 3.99. The van der Waals surface area contributed by atoms with Crippen LogP contribution in [0.2, 0.25) is 0 Å². The molecule has 2 nitrogen and oxygen atoms in total. The summed E-state index contributed by atoms with van der Waals surface area (Å²) in [4.78, 5) is 0. The normalized spacial score (nSPS) is 9.14. The maximum atomic E-state index is 9.58. The van der Waals surface area contributed by atoms with Gasteiger partial charge in [0.2, 0.25) is 0 Å². The number of phenols is 2. The number of para-hydroxylation sites is 2. The standard InChI is InChI=1S/2C15H24O.3Ca.2S/c2*1-2-3-4-5-6-7-8-11-14-12-9-10-13-15(14)16;;;;;/h2*9-10,12-13,16H,2-8,11H2,1H3;;;;;/q;;3*+2;2*-2. The molecule has 0 amide bonds. The zero-order valence-electron chi connectivity index (χ0n) is 23.8. The first-order chi connectivity index (χ1) is 15.7. The molecule has 0 aromatic heterocycles. The molecule has 0 saturated heterocycles. The first kappa shape index (κ1) is 49.2. The fraction of sp³-hybridized carbons (Fsp3) is 0.600. The van der Waals surface area contributed by atoms with Gasteiger partial charge in [-0.1, -0.05) is 127 Å². The summed E-state index contributed by atoms with van der Waals surface area (Å²) in [6.45, 7) is 4.50. The largest absolute Gasteiger partial charge is 2.00 e. The summed E-state index contributed by atoms with van der Waals surface area (Å²) < 4.78 is 0. The Morgan fingerprint density at radius 3 is 1.00 bits per heavy atom. The Balaban J connectivity index is -0.000000163. The number of benzene rings is 2. The summed E-state index contributed by atoms with van der Waals surface area (Å²) in [5.41, 5.74) is 2.19. The molecule has 7 heteroatoms. The predicted octanol–water partition coefficient (Wildman–Crippen LogP) is 8.22. The summed E-state index contributed by atoms with van der Waals surface area (Å²) in [5, 5.41) is 19.2. The van der Waals surface area contributed by atoms with Gasteiger partial charge in [-0.25, -0.2) is 0 Å². The van der Waals surface area contributed by atoms with Crippen molar-refractivity contribution in [2.75, 3.05) is 0 Å². The van der Waals surface area contributed by atoms with E-state index in [4.69, 9.17) is 0 Å². The van der Waals surface area contributed by atoms with Crippen molar-refractivity contribution in [1.82, 2.24) is 0 Å². The van der Waals surface area contributed by atoms with Crippen LogP contribution in [-0.4, -0.2) is 123 Å². The maximum absolute atomic E-state index is 9.58.